The van der Waals surface area contributed by atoms with E-state index in [9.17, 15) is 9.90 Å². The number of amides is 1. The maximum atomic E-state index is 12.3. The van der Waals surface area contributed by atoms with Gasteiger partial charge in [-0.3, -0.25) is 4.79 Å². The highest BCUT2D eigenvalue weighted by Gasteiger charge is 2.29. The van der Waals surface area contributed by atoms with Crippen molar-refractivity contribution in [2.24, 2.45) is 0 Å². The molecule has 4 heteroatoms. The maximum Gasteiger partial charge on any atom is 0.253 e. The molecule has 0 radical (unpaired) electrons. The average Bonchev–Trinajstić information content (AvgIpc) is 2.46. The SMILES string of the molecule is CN(C(=O)c1ccc(C#N)cc1)C1CCCCC1O. The first kappa shape index (κ1) is 13.6. The zero-order valence-electron chi connectivity index (χ0n) is 11.0. The van der Waals surface area contributed by atoms with Gasteiger partial charge in [0.25, 0.3) is 5.91 Å². The molecule has 1 saturated carbocycles. The lowest BCUT2D eigenvalue weighted by atomic mass is 9.91. The van der Waals surface area contributed by atoms with Crippen molar-refractivity contribution in [1.82, 2.24) is 4.90 Å². The third kappa shape index (κ3) is 2.94. The van der Waals surface area contributed by atoms with E-state index in [2.05, 4.69) is 0 Å². The number of aliphatic hydroxyl groups excluding tert-OH is 1. The molecule has 1 amide bonds. The second-order valence-electron chi connectivity index (χ2n) is 5.02. The van der Waals surface area contributed by atoms with E-state index in [0.717, 1.165) is 25.7 Å². The van der Waals surface area contributed by atoms with Crippen LogP contribution in [0.4, 0.5) is 0 Å². The first-order valence-corrected chi connectivity index (χ1v) is 6.59. The normalized spacial score (nSPS) is 22.6. The Morgan fingerprint density at radius 1 is 1.32 bits per heavy atom. The molecule has 19 heavy (non-hydrogen) atoms. The van der Waals surface area contributed by atoms with E-state index in [1.54, 1.807) is 36.2 Å². The second kappa shape index (κ2) is 5.85. The Bertz CT molecular complexity index is 490. The third-order valence-electron chi connectivity index (χ3n) is 3.77. The largest absolute Gasteiger partial charge is 0.391 e. The average molecular weight is 258 g/mol. The molecule has 1 N–H and O–H groups in total. The maximum absolute atomic E-state index is 12.3. The van der Waals surface area contributed by atoms with Gasteiger partial charge < -0.3 is 10.0 Å². The number of nitriles is 1. The van der Waals surface area contributed by atoms with E-state index in [1.165, 1.54) is 0 Å². The van der Waals surface area contributed by atoms with Crippen molar-refractivity contribution in [3.63, 3.8) is 0 Å². The number of rotatable bonds is 2. The van der Waals surface area contributed by atoms with E-state index in [-0.39, 0.29) is 11.9 Å². The quantitative estimate of drug-likeness (QED) is 0.881. The summed E-state index contributed by atoms with van der Waals surface area (Å²) in [6.07, 6.45) is 3.25. The van der Waals surface area contributed by atoms with E-state index in [4.69, 9.17) is 5.26 Å². The summed E-state index contributed by atoms with van der Waals surface area (Å²) in [5, 5.41) is 18.7. The molecule has 1 aromatic carbocycles. The van der Waals surface area contributed by atoms with Crippen molar-refractivity contribution in [1.29, 1.82) is 5.26 Å². The predicted molar refractivity (Wildman–Crippen MR) is 71.5 cm³/mol. The van der Waals surface area contributed by atoms with Crippen molar-refractivity contribution in [3.8, 4) is 6.07 Å². The molecule has 1 fully saturated rings. The summed E-state index contributed by atoms with van der Waals surface area (Å²) in [7, 11) is 1.74. The number of carbonyl (C=O) groups is 1. The molecule has 0 saturated heterocycles. The molecule has 1 aromatic rings. The van der Waals surface area contributed by atoms with Crippen LogP contribution in [0.3, 0.4) is 0 Å². The Hall–Kier alpha value is -1.86. The number of hydrogen-bond donors (Lipinski definition) is 1. The third-order valence-corrected chi connectivity index (χ3v) is 3.77. The minimum atomic E-state index is -0.430. The standard InChI is InChI=1S/C15H18N2O2/c1-17(13-4-2-3-5-14(13)18)15(19)12-8-6-11(10-16)7-9-12/h6-9,13-14,18H,2-5H2,1H3. The van der Waals surface area contributed by atoms with Gasteiger partial charge in [0.15, 0.2) is 0 Å². The molecule has 2 rings (SSSR count). The molecule has 0 spiro atoms. The van der Waals surface area contributed by atoms with E-state index in [0.29, 0.717) is 11.1 Å². The highest BCUT2D eigenvalue weighted by atomic mass is 16.3. The highest BCUT2D eigenvalue weighted by Crippen LogP contribution is 2.23. The molecule has 1 aliphatic rings. The molecule has 1 aliphatic carbocycles. The molecular weight excluding hydrogens is 240 g/mol. The van der Waals surface area contributed by atoms with Gasteiger partial charge in [-0.05, 0) is 37.1 Å². The Labute approximate surface area is 113 Å². The predicted octanol–water partition coefficient (Wildman–Crippen LogP) is 1.93. The summed E-state index contributed by atoms with van der Waals surface area (Å²) >= 11 is 0. The van der Waals surface area contributed by atoms with Gasteiger partial charge in [0.05, 0.1) is 23.8 Å². The fourth-order valence-electron chi connectivity index (χ4n) is 2.59. The van der Waals surface area contributed by atoms with Crippen molar-refractivity contribution in [2.45, 2.75) is 37.8 Å². The van der Waals surface area contributed by atoms with Crippen LogP contribution in [-0.2, 0) is 0 Å². The van der Waals surface area contributed by atoms with Gasteiger partial charge in [-0.25, -0.2) is 0 Å². The van der Waals surface area contributed by atoms with E-state index < -0.39 is 6.10 Å². The molecule has 2 unspecified atom stereocenters. The number of carbonyl (C=O) groups excluding carboxylic acids is 1. The number of likely N-dealkylation sites (N-methyl/N-ethyl adjacent to an activating group) is 1. The Kier molecular flexibility index (Phi) is 4.18. The van der Waals surface area contributed by atoms with Crippen molar-refractivity contribution >= 4 is 5.91 Å². The van der Waals surface area contributed by atoms with Crippen LogP contribution in [-0.4, -0.2) is 35.1 Å². The smallest absolute Gasteiger partial charge is 0.253 e. The summed E-state index contributed by atoms with van der Waals surface area (Å²) in [5.41, 5.74) is 1.09. The molecular formula is C15H18N2O2. The lowest BCUT2D eigenvalue weighted by molar-refractivity contribution is 0.0268. The molecule has 0 heterocycles. The molecule has 0 aliphatic heterocycles. The zero-order valence-corrected chi connectivity index (χ0v) is 11.0. The second-order valence-corrected chi connectivity index (χ2v) is 5.02. The zero-order chi connectivity index (χ0) is 13.8. The van der Waals surface area contributed by atoms with Gasteiger partial charge in [-0.1, -0.05) is 12.8 Å². The molecule has 0 aromatic heterocycles. The van der Waals surface area contributed by atoms with E-state index in [1.807, 2.05) is 6.07 Å². The summed E-state index contributed by atoms with van der Waals surface area (Å²) < 4.78 is 0. The molecule has 2 atom stereocenters. The summed E-state index contributed by atoms with van der Waals surface area (Å²) in [4.78, 5) is 14.0. The van der Waals surface area contributed by atoms with Gasteiger partial charge in [-0.2, -0.15) is 5.26 Å². The molecule has 100 valence electrons. The number of nitrogens with zero attached hydrogens (tertiary/aromatic N) is 2. The van der Waals surface area contributed by atoms with Crippen LogP contribution in [0.1, 0.15) is 41.6 Å². The Balaban J connectivity index is 2.11. The first-order chi connectivity index (χ1) is 9.13. The van der Waals surface area contributed by atoms with Gasteiger partial charge >= 0.3 is 0 Å². The van der Waals surface area contributed by atoms with Gasteiger partial charge in [0.1, 0.15) is 0 Å². The minimum Gasteiger partial charge on any atom is -0.391 e. The fourth-order valence-corrected chi connectivity index (χ4v) is 2.59. The number of hydrogen-bond acceptors (Lipinski definition) is 3. The summed E-state index contributed by atoms with van der Waals surface area (Å²) in [6.45, 7) is 0. The monoisotopic (exact) mass is 258 g/mol. The summed E-state index contributed by atoms with van der Waals surface area (Å²) in [6, 6.07) is 8.52. The van der Waals surface area contributed by atoms with Gasteiger partial charge in [-0.15, -0.1) is 0 Å². The summed E-state index contributed by atoms with van der Waals surface area (Å²) in [5.74, 6) is -0.101. The van der Waals surface area contributed by atoms with Crippen LogP contribution in [0.5, 0.6) is 0 Å². The van der Waals surface area contributed by atoms with Crippen LogP contribution in [0.2, 0.25) is 0 Å². The van der Waals surface area contributed by atoms with Crippen molar-refractivity contribution in [2.75, 3.05) is 7.05 Å². The Morgan fingerprint density at radius 2 is 1.95 bits per heavy atom. The fraction of sp³-hybridized carbons (Fsp3) is 0.467. The number of benzene rings is 1. The van der Waals surface area contributed by atoms with Crippen molar-refractivity contribution < 1.29 is 9.90 Å². The van der Waals surface area contributed by atoms with Gasteiger partial charge in [0, 0.05) is 12.6 Å². The van der Waals surface area contributed by atoms with Crippen LogP contribution < -0.4 is 0 Å². The first-order valence-electron chi connectivity index (χ1n) is 6.59. The Morgan fingerprint density at radius 3 is 2.53 bits per heavy atom. The van der Waals surface area contributed by atoms with Crippen LogP contribution in [0.15, 0.2) is 24.3 Å². The topological polar surface area (TPSA) is 64.3 Å². The molecule has 0 bridgehead atoms. The van der Waals surface area contributed by atoms with Gasteiger partial charge in [0.2, 0.25) is 0 Å². The van der Waals surface area contributed by atoms with Crippen LogP contribution >= 0.6 is 0 Å². The van der Waals surface area contributed by atoms with E-state index >= 15 is 0 Å². The lowest BCUT2D eigenvalue weighted by Crippen LogP contribution is -2.46. The lowest BCUT2D eigenvalue weighted by Gasteiger charge is -2.35. The van der Waals surface area contributed by atoms with Crippen LogP contribution in [0, 0.1) is 11.3 Å². The van der Waals surface area contributed by atoms with Crippen molar-refractivity contribution in [3.05, 3.63) is 35.4 Å². The van der Waals surface area contributed by atoms with Crippen LogP contribution in [0.25, 0.3) is 0 Å². The molecule has 4 nitrogen and oxygen atoms in total. The minimum absolute atomic E-state index is 0.100. The highest BCUT2D eigenvalue weighted by molar-refractivity contribution is 5.94. The number of aliphatic hydroxyl groups is 1.